The first-order valence-electron chi connectivity index (χ1n) is 6.61. The first-order valence-corrected chi connectivity index (χ1v) is 6.61. The van der Waals surface area contributed by atoms with Crippen LogP contribution in [0.2, 0.25) is 0 Å². The Bertz CT molecular complexity index is 408. The maximum Gasteiger partial charge on any atom is 0.0607 e. The average molecular weight is 249 g/mol. The lowest BCUT2D eigenvalue weighted by Gasteiger charge is -2.33. The van der Waals surface area contributed by atoms with E-state index in [9.17, 15) is 5.11 Å². The number of hydrogen-bond acceptors (Lipinski definition) is 2. The molecule has 1 aromatic carbocycles. The maximum atomic E-state index is 9.30. The average Bonchev–Trinajstić information content (AvgIpc) is 2.30. The molecule has 0 radical (unpaired) electrons. The van der Waals surface area contributed by atoms with E-state index < -0.39 is 0 Å². The van der Waals surface area contributed by atoms with Gasteiger partial charge in [0.2, 0.25) is 0 Å². The van der Waals surface area contributed by atoms with Gasteiger partial charge in [0.05, 0.1) is 6.61 Å². The van der Waals surface area contributed by atoms with Crippen LogP contribution in [0.15, 0.2) is 18.2 Å². The highest BCUT2D eigenvalue weighted by atomic mass is 16.3. The van der Waals surface area contributed by atoms with Crippen LogP contribution in [-0.4, -0.2) is 23.8 Å². The molecule has 0 saturated carbocycles. The molecule has 1 rings (SSSR count). The summed E-state index contributed by atoms with van der Waals surface area (Å²) in [6.45, 7) is 13.8. The van der Waals surface area contributed by atoms with Gasteiger partial charge in [-0.1, -0.05) is 37.6 Å². The van der Waals surface area contributed by atoms with Gasteiger partial charge in [-0.25, -0.2) is 0 Å². The zero-order valence-electron chi connectivity index (χ0n) is 12.6. The second-order valence-corrected chi connectivity index (χ2v) is 6.60. The molecule has 0 aliphatic heterocycles. The molecular weight excluding hydrogens is 222 g/mol. The van der Waals surface area contributed by atoms with Crippen LogP contribution < -0.4 is 5.32 Å². The fourth-order valence-corrected chi connectivity index (χ4v) is 2.08. The second kappa shape index (κ2) is 5.41. The van der Waals surface area contributed by atoms with Gasteiger partial charge in [-0.2, -0.15) is 0 Å². The van der Waals surface area contributed by atoms with Crippen LogP contribution in [0.25, 0.3) is 0 Å². The quantitative estimate of drug-likeness (QED) is 0.841. The Labute approximate surface area is 111 Å². The third-order valence-electron chi connectivity index (χ3n) is 3.53. The third kappa shape index (κ3) is 3.82. The van der Waals surface area contributed by atoms with Crippen molar-refractivity contribution in [3.63, 3.8) is 0 Å². The highest BCUT2D eigenvalue weighted by Crippen LogP contribution is 2.27. The molecule has 2 heteroatoms. The van der Waals surface area contributed by atoms with Gasteiger partial charge in [-0.15, -0.1) is 0 Å². The molecule has 0 bridgehead atoms. The van der Waals surface area contributed by atoms with Crippen LogP contribution >= 0.6 is 0 Å². The number of hydrogen-bond donors (Lipinski definition) is 2. The van der Waals surface area contributed by atoms with Gasteiger partial charge in [0.25, 0.3) is 0 Å². The van der Waals surface area contributed by atoms with Crippen molar-refractivity contribution >= 4 is 0 Å². The summed E-state index contributed by atoms with van der Waals surface area (Å²) in [6.07, 6.45) is 0. The van der Waals surface area contributed by atoms with E-state index in [1.54, 1.807) is 0 Å². The molecule has 0 aliphatic carbocycles. The van der Waals surface area contributed by atoms with Crippen LogP contribution in [0, 0.1) is 13.8 Å². The Balaban J connectivity index is 2.89. The third-order valence-corrected chi connectivity index (χ3v) is 3.53. The molecule has 1 aromatic rings. The lowest BCUT2D eigenvalue weighted by molar-refractivity contribution is 0.181. The lowest BCUT2D eigenvalue weighted by atomic mass is 9.80. The van der Waals surface area contributed by atoms with Gasteiger partial charge in [0.1, 0.15) is 0 Å². The summed E-state index contributed by atoms with van der Waals surface area (Å²) in [7, 11) is 0. The first-order chi connectivity index (χ1) is 8.18. The molecule has 0 fully saturated rings. The topological polar surface area (TPSA) is 32.3 Å². The van der Waals surface area contributed by atoms with E-state index in [0.29, 0.717) is 0 Å². The van der Waals surface area contributed by atoms with Crippen molar-refractivity contribution in [1.29, 1.82) is 0 Å². The summed E-state index contributed by atoms with van der Waals surface area (Å²) in [4.78, 5) is 0. The van der Waals surface area contributed by atoms with E-state index in [-0.39, 0.29) is 17.6 Å². The smallest absolute Gasteiger partial charge is 0.0607 e. The number of nitrogens with one attached hydrogen (secondary N) is 1. The van der Waals surface area contributed by atoms with Gasteiger partial charge in [0.15, 0.2) is 0 Å². The van der Waals surface area contributed by atoms with Crippen LogP contribution in [-0.2, 0) is 5.41 Å². The van der Waals surface area contributed by atoms with E-state index in [1.165, 1.54) is 16.7 Å². The maximum absolute atomic E-state index is 9.30. The number of benzene rings is 1. The molecule has 0 unspecified atom stereocenters. The number of aryl methyl sites for hydroxylation is 2. The Hall–Kier alpha value is -0.860. The summed E-state index contributed by atoms with van der Waals surface area (Å²) >= 11 is 0. The summed E-state index contributed by atoms with van der Waals surface area (Å²) in [5.74, 6) is 0. The Morgan fingerprint density at radius 3 is 2.28 bits per heavy atom. The molecule has 2 N–H and O–H groups in total. The Kier molecular flexibility index (Phi) is 4.57. The van der Waals surface area contributed by atoms with Crippen molar-refractivity contribution in [2.45, 2.75) is 52.5 Å². The van der Waals surface area contributed by atoms with Crippen molar-refractivity contribution in [2.24, 2.45) is 0 Å². The van der Waals surface area contributed by atoms with Crippen molar-refractivity contribution in [1.82, 2.24) is 5.32 Å². The van der Waals surface area contributed by atoms with E-state index in [4.69, 9.17) is 0 Å². The molecule has 0 aromatic heterocycles. The molecule has 2 nitrogen and oxygen atoms in total. The highest BCUT2D eigenvalue weighted by molar-refractivity contribution is 5.36. The minimum Gasteiger partial charge on any atom is -0.394 e. The van der Waals surface area contributed by atoms with Crippen LogP contribution in [0.4, 0.5) is 0 Å². The molecule has 0 heterocycles. The SMILES string of the molecule is Cc1ccc(C)c(C(C)(C)CNC(C)(C)CO)c1. The monoisotopic (exact) mass is 249 g/mol. The molecule has 0 spiro atoms. The van der Waals surface area contributed by atoms with Crippen molar-refractivity contribution in [2.75, 3.05) is 13.2 Å². The highest BCUT2D eigenvalue weighted by Gasteiger charge is 2.26. The predicted molar refractivity (Wildman–Crippen MR) is 78.1 cm³/mol. The van der Waals surface area contributed by atoms with Crippen molar-refractivity contribution in [3.8, 4) is 0 Å². The van der Waals surface area contributed by atoms with E-state index in [1.807, 2.05) is 13.8 Å². The largest absolute Gasteiger partial charge is 0.394 e. The predicted octanol–water partition coefficient (Wildman–Crippen LogP) is 2.94. The molecule has 0 saturated heterocycles. The number of aliphatic hydroxyl groups excluding tert-OH is 1. The molecule has 0 amide bonds. The molecule has 18 heavy (non-hydrogen) atoms. The normalized spacial score (nSPS) is 12.8. The van der Waals surface area contributed by atoms with Crippen molar-refractivity contribution < 1.29 is 5.11 Å². The summed E-state index contributed by atoms with van der Waals surface area (Å²) in [5, 5.41) is 12.7. The zero-order valence-corrected chi connectivity index (χ0v) is 12.6. The fraction of sp³-hybridized carbons (Fsp3) is 0.625. The second-order valence-electron chi connectivity index (χ2n) is 6.60. The molecule has 102 valence electrons. The van der Waals surface area contributed by atoms with E-state index in [2.05, 4.69) is 51.2 Å². The van der Waals surface area contributed by atoms with Crippen LogP contribution in [0.3, 0.4) is 0 Å². The van der Waals surface area contributed by atoms with Crippen LogP contribution in [0.5, 0.6) is 0 Å². The summed E-state index contributed by atoms with van der Waals surface area (Å²) in [5.41, 5.74) is 3.83. The van der Waals surface area contributed by atoms with Gasteiger partial charge >= 0.3 is 0 Å². The Morgan fingerprint density at radius 2 is 1.72 bits per heavy atom. The Morgan fingerprint density at radius 1 is 1.11 bits per heavy atom. The van der Waals surface area contributed by atoms with Gasteiger partial charge < -0.3 is 10.4 Å². The minimum atomic E-state index is -0.227. The molecule has 0 atom stereocenters. The molecule has 0 aliphatic rings. The van der Waals surface area contributed by atoms with E-state index in [0.717, 1.165) is 6.54 Å². The summed E-state index contributed by atoms with van der Waals surface area (Å²) < 4.78 is 0. The summed E-state index contributed by atoms with van der Waals surface area (Å²) in [6, 6.07) is 6.60. The zero-order chi connectivity index (χ0) is 14.0. The van der Waals surface area contributed by atoms with E-state index >= 15 is 0 Å². The van der Waals surface area contributed by atoms with Gasteiger partial charge in [-0.3, -0.25) is 0 Å². The van der Waals surface area contributed by atoms with Gasteiger partial charge in [0, 0.05) is 17.5 Å². The van der Waals surface area contributed by atoms with Crippen LogP contribution in [0.1, 0.15) is 44.4 Å². The first kappa shape index (κ1) is 15.2. The fourth-order valence-electron chi connectivity index (χ4n) is 2.08. The standard InChI is InChI=1S/C16H27NO/c1-12-7-8-13(2)14(9-12)15(3,4)10-17-16(5,6)11-18/h7-9,17-18H,10-11H2,1-6H3. The number of aliphatic hydroxyl groups is 1. The van der Waals surface area contributed by atoms with Gasteiger partial charge in [-0.05, 0) is 38.8 Å². The minimum absolute atomic E-state index is 0.0581. The number of rotatable bonds is 5. The lowest BCUT2D eigenvalue weighted by Crippen LogP contribution is -2.48. The molecular formula is C16H27NO. The van der Waals surface area contributed by atoms with Crippen molar-refractivity contribution in [3.05, 3.63) is 34.9 Å².